The quantitative estimate of drug-likeness (QED) is 0.881. The fraction of sp³-hybridized carbons (Fsp3) is 0.200. The van der Waals surface area contributed by atoms with E-state index in [4.69, 9.17) is 0 Å². The molecule has 1 aromatic carbocycles. The Hall–Kier alpha value is -1.62. The van der Waals surface area contributed by atoms with Crippen molar-refractivity contribution >= 4 is 31.6 Å². The fourth-order valence-corrected chi connectivity index (χ4v) is 3.72. The number of hydrogen-bond donors (Lipinski definition) is 1. The number of aromatic nitrogens is 3. The molecule has 0 radical (unpaired) electrons. The molecule has 0 aliphatic carbocycles. The number of halogens is 4. The second-order valence-electron chi connectivity index (χ2n) is 3.99. The standard InChI is InChI=1S/C10H8BrF3N4O2S/c1-18-9(8(11)15-17-18)21(19,20)16-7-4-2-3-6(5-7)10(12,13)14/h2-5,16H,1H3. The summed E-state index contributed by atoms with van der Waals surface area (Å²) in [7, 11) is -2.77. The first-order valence-corrected chi connectivity index (χ1v) is 7.64. The smallest absolute Gasteiger partial charge is 0.278 e. The number of nitrogens with one attached hydrogen (secondary N) is 1. The van der Waals surface area contributed by atoms with Gasteiger partial charge in [-0.15, -0.1) is 5.10 Å². The Morgan fingerprint density at radius 1 is 1.33 bits per heavy atom. The van der Waals surface area contributed by atoms with E-state index in [2.05, 4.69) is 31.0 Å². The summed E-state index contributed by atoms with van der Waals surface area (Å²) in [6.45, 7) is 0. The highest BCUT2D eigenvalue weighted by Crippen LogP contribution is 2.31. The van der Waals surface area contributed by atoms with Crippen molar-refractivity contribution in [2.75, 3.05) is 4.72 Å². The van der Waals surface area contributed by atoms with E-state index in [0.29, 0.717) is 6.07 Å². The van der Waals surface area contributed by atoms with Gasteiger partial charge in [0.15, 0.2) is 4.60 Å². The number of nitrogens with zero attached hydrogens (tertiary/aromatic N) is 3. The molecule has 0 bridgehead atoms. The van der Waals surface area contributed by atoms with Crippen LogP contribution >= 0.6 is 15.9 Å². The zero-order valence-electron chi connectivity index (χ0n) is 10.4. The van der Waals surface area contributed by atoms with E-state index in [1.807, 2.05) is 0 Å². The Labute approximate surface area is 126 Å². The molecule has 2 rings (SSSR count). The summed E-state index contributed by atoms with van der Waals surface area (Å²) in [5.74, 6) is 0. The number of alkyl halides is 3. The van der Waals surface area contributed by atoms with Crippen LogP contribution in [-0.2, 0) is 23.2 Å². The van der Waals surface area contributed by atoms with Crippen LogP contribution in [0.15, 0.2) is 33.9 Å². The third kappa shape index (κ3) is 3.35. The normalized spacial score (nSPS) is 12.4. The van der Waals surface area contributed by atoms with E-state index in [0.717, 1.165) is 16.8 Å². The molecule has 2 aromatic rings. The number of aryl methyl sites for hydroxylation is 1. The summed E-state index contributed by atoms with van der Waals surface area (Å²) in [4.78, 5) is 0. The molecular formula is C10H8BrF3N4O2S. The highest BCUT2D eigenvalue weighted by atomic mass is 79.9. The molecule has 0 saturated heterocycles. The van der Waals surface area contributed by atoms with Crippen LogP contribution in [0.2, 0.25) is 0 Å². The minimum atomic E-state index is -4.56. The first-order chi connectivity index (χ1) is 9.61. The topological polar surface area (TPSA) is 76.9 Å². The summed E-state index contributed by atoms with van der Waals surface area (Å²) < 4.78 is 65.1. The Morgan fingerprint density at radius 3 is 2.52 bits per heavy atom. The highest BCUT2D eigenvalue weighted by Gasteiger charge is 2.31. The van der Waals surface area contributed by atoms with Gasteiger partial charge in [0.1, 0.15) is 0 Å². The summed E-state index contributed by atoms with van der Waals surface area (Å²) in [5, 5.41) is 6.72. The largest absolute Gasteiger partial charge is 0.416 e. The van der Waals surface area contributed by atoms with Crippen molar-refractivity contribution in [3.63, 3.8) is 0 Å². The molecule has 114 valence electrons. The van der Waals surface area contributed by atoms with Gasteiger partial charge in [0, 0.05) is 12.7 Å². The molecule has 0 unspecified atom stereocenters. The minimum absolute atomic E-state index is 0.0375. The van der Waals surface area contributed by atoms with Crippen LogP contribution in [0.25, 0.3) is 0 Å². The Kier molecular flexibility index (Phi) is 3.97. The molecule has 0 aliphatic rings. The van der Waals surface area contributed by atoms with Gasteiger partial charge in [0.2, 0.25) is 5.03 Å². The van der Waals surface area contributed by atoms with Crippen LogP contribution in [0.1, 0.15) is 5.56 Å². The average molecular weight is 385 g/mol. The van der Waals surface area contributed by atoms with Gasteiger partial charge < -0.3 is 0 Å². The van der Waals surface area contributed by atoms with Gasteiger partial charge in [-0.1, -0.05) is 11.3 Å². The molecule has 0 fully saturated rings. The van der Waals surface area contributed by atoms with Crippen LogP contribution in [0.5, 0.6) is 0 Å². The molecule has 0 spiro atoms. The number of rotatable bonds is 3. The minimum Gasteiger partial charge on any atom is -0.278 e. The van der Waals surface area contributed by atoms with Gasteiger partial charge in [-0.3, -0.25) is 4.72 Å². The van der Waals surface area contributed by atoms with E-state index in [9.17, 15) is 21.6 Å². The molecule has 0 atom stereocenters. The van der Waals surface area contributed by atoms with E-state index < -0.39 is 21.8 Å². The molecule has 1 N–H and O–H groups in total. The predicted octanol–water partition coefficient (Wildman–Crippen LogP) is 2.40. The number of sulfonamides is 1. The average Bonchev–Trinajstić information content (AvgIpc) is 2.68. The van der Waals surface area contributed by atoms with Gasteiger partial charge in [-0.2, -0.15) is 21.6 Å². The Morgan fingerprint density at radius 2 is 2.00 bits per heavy atom. The molecule has 21 heavy (non-hydrogen) atoms. The number of hydrogen-bond acceptors (Lipinski definition) is 4. The van der Waals surface area contributed by atoms with Gasteiger partial charge >= 0.3 is 6.18 Å². The van der Waals surface area contributed by atoms with Gasteiger partial charge in [-0.25, -0.2) is 4.68 Å². The lowest BCUT2D eigenvalue weighted by molar-refractivity contribution is -0.137. The summed E-state index contributed by atoms with van der Waals surface area (Å²) in [6.07, 6.45) is -4.56. The third-order valence-electron chi connectivity index (χ3n) is 2.43. The second kappa shape index (κ2) is 5.30. The number of anilines is 1. The maximum absolute atomic E-state index is 12.6. The number of benzene rings is 1. The molecular weight excluding hydrogens is 377 g/mol. The molecule has 6 nitrogen and oxygen atoms in total. The van der Waals surface area contributed by atoms with Crippen molar-refractivity contribution < 1.29 is 21.6 Å². The highest BCUT2D eigenvalue weighted by molar-refractivity contribution is 9.10. The SMILES string of the molecule is Cn1nnc(Br)c1S(=O)(=O)Nc1cccc(C(F)(F)F)c1. The predicted molar refractivity (Wildman–Crippen MR) is 71.0 cm³/mol. The lowest BCUT2D eigenvalue weighted by Gasteiger charge is -2.11. The third-order valence-corrected chi connectivity index (χ3v) is 4.70. The fourth-order valence-electron chi connectivity index (χ4n) is 1.57. The maximum Gasteiger partial charge on any atom is 0.416 e. The van der Waals surface area contributed by atoms with Crippen molar-refractivity contribution in [3.8, 4) is 0 Å². The molecule has 0 amide bonds. The van der Waals surface area contributed by atoms with E-state index in [-0.39, 0.29) is 15.3 Å². The van der Waals surface area contributed by atoms with Crippen molar-refractivity contribution in [2.24, 2.45) is 7.05 Å². The maximum atomic E-state index is 12.6. The van der Waals surface area contributed by atoms with Crippen molar-refractivity contribution in [1.29, 1.82) is 0 Å². The van der Waals surface area contributed by atoms with E-state index >= 15 is 0 Å². The molecule has 0 saturated carbocycles. The van der Waals surface area contributed by atoms with Crippen molar-refractivity contribution in [3.05, 3.63) is 34.4 Å². The van der Waals surface area contributed by atoms with Gasteiger partial charge in [0.05, 0.1) is 5.56 Å². The first kappa shape index (κ1) is 15.8. The monoisotopic (exact) mass is 384 g/mol. The summed E-state index contributed by atoms with van der Waals surface area (Å²) in [6, 6.07) is 3.87. The molecule has 1 heterocycles. The van der Waals surface area contributed by atoms with Crippen molar-refractivity contribution in [2.45, 2.75) is 11.2 Å². The lowest BCUT2D eigenvalue weighted by Crippen LogP contribution is -2.17. The Balaban J connectivity index is 2.38. The zero-order chi connectivity index (χ0) is 15.8. The summed E-state index contributed by atoms with van der Waals surface area (Å²) >= 11 is 2.92. The Bertz CT molecular complexity index is 753. The lowest BCUT2D eigenvalue weighted by atomic mass is 10.2. The van der Waals surface area contributed by atoms with E-state index in [1.165, 1.54) is 13.1 Å². The van der Waals surface area contributed by atoms with Crippen molar-refractivity contribution in [1.82, 2.24) is 15.0 Å². The van der Waals surface area contributed by atoms with Crippen LogP contribution in [0, 0.1) is 0 Å². The molecule has 0 aliphatic heterocycles. The molecule has 11 heteroatoms. The summed E-state index contributed by atoms with van der Waals surface area (Å²) in [5.41, 5.74) is -1.16. The first-order valence-electron chi connectivity index (χ1n) is 5.36. The second-order valence-corrected chi connectivity index (χ2v) is 6.34. The zero-order valence-corrected chi connectivity index (χ0v) is 12.8. The molecule has 1 aromatic heterocycles. The van der Waals surface area contributed by atoms with Crippen LogP contribution < -0.4 is 4.72 Å². The van der Waals surface area contributed by atoms with Crippen LogP contribution in [0.4, 0.5) is 18.9 Å². The van der Waals surface area contributed by atoms with Crippen LogP contribution in [-0.4, -0.2) is 23.4 Å². The van der Waals surface area contributed by atoms with E-state index in [1.54, 1.807) is 0 Å². The van der Waals surface area contributed by atoms with Crippen LogP contribution in [0.3, 0.4) is 0 Å². The van der Waals surface area contributed by atoms with Gasteiger partial charge in [0.25, 0.3) is 10.0 Å². The van der Waals surface area contributed by atoms with Gasteiger partial charge in [-0.05, 0) is 34.1 Å².